The van der Waals surface area contributed by atoms with Crippen molar-refractivity contribution in [1.82, 2.24) is 10.2 Å². The lowest BCUT2D eigenvalue weighted by Gasteiger charge is -2.15. The molecule has 0 bridgehead atoms. The average molecular weight is 410 g/mol. The number of hydrogen-bond acceptors (Lipinski definition) is 5. The van der Waals surface area contributed by atoms with Gasteiger partial charge in [-0.2, -0.15) is 0 Å². The number of rotatable bonds is 4. The molecule has 8 heteroatoms. The fraction of sp³-hybridized carbons (Fsp3) is 0.417. The van der Waals surface area contributed by atoms with E-state index < -0.39 is 10.0 Å². The zero-order chi connectivity index (χ0) is 13.9. The summed E-state index contributed by atoms with van der Waals surface area (Å²) in [6, 6.07) is 7.27. The van der Waals surface area contributed by atoms with Gasteiger partial charge in [0.15, 0.2) is 5.96 Å². The van der Waals surface area contributed by atoms with Gasteiger partial charge >= 0.3 is 0 Å². The van der Waals surface area contributed by atoms with Crippen molar-refractivity contribution in [1.29, 1.82) is 0 Å². The summed E-state index contributed by atoms with van der Waals surface area (Å²) in [7, 11) is -1.22. The van der Waals surface area contributed by atoms with Gasteiger partial charge in [0.25, 0.3) is 0 Å². The minimum absolute atomic E-state index is 0. The van der Waals surface area contributed by atoms with E-state index in [1.54, 1.807) is 12.1 Å². The van der Waals surface area contributed by atoms with Crippen molar-refractivity contribution in [2.24, 2.45) is 4.99 Å². The lowest BCUT2D eigenvalue weighted by atomic mass is 10.2. The Morgan fingerprint density at radius 3 is 2.45 bits per heavy atom. The third-order valence-electron chi connectivity index (χ3n) is 2.77. The summed E-state index contributed by atoms with van der Waals surface area (Å²) in [6.45, 7) is 2.44. The molecule has 0 saturated carbocycles. The molecule has 112 valence electrons. The van der Waals surface area contributed by atoms with Crippen molar-refractivity contribution >= 4 is 45.6 Å². The molecule has 0 fully saturated rings. The number of nitrogens with zero attached hydrogens (tertiary/aromatic N) is 2. The van der Waals surface area contributed by atoms with Crippen molar-refractivity contribution in [2.75, 3.05) is 31.1 Å². The summed E-state index contributed by atoms with van der Waals surface area (Å²) in [4.78, 5) is 6.41. The van der Waals surface area contributed by atoms with Gasteiger partial charge in [-0.15, -0.1) is 24.0 Å². The van der Waals surface area contributed by atoms with E-state index >= 15 is 0 Å². The predicted molar refractivity (Wildman–Crippen MR) is 92.1 cm³/mol. The summed E-state index contributed by atoms with van der Waals surface area (Å²) in [5.41, 5.74) is 1.64. The van der Waals surface area contributed by atoms with Crippen LogP contribution in [0.4, 0.5) is 5.69 Å². The number of nitrogens with one attached hydrogen (secondary N) is 2. The van der Waals surface area contributed by atoms with E-state index in [4.69, 9.17) is 0 Å². The van der Waals surface area contributed by atoms with E-state index in [1.165, 1.54) is 0 Å². The first-order chi connectivity index (χ1) is 8.94. The molecule has 0 radical (unpaired) electrons. The number of likely N-dealkylation sites (N-methyl/N-ethyl adjacent to an activating group) is 1. The predicted octanol–water partition coefficient (Wildman–Crippen LogP) is 1.07. The lowest BCUT2D eigenvalue weighted by Crippen LogP contribution is -2.35. The Labute approximate surface area is 136 Å². The van der Waals surface area contributed by atoms with Gasteiger partial charge in [-0.1, -0.05) is 12.1 Å². The molecule has 0 unspecified atom stereocenters. The van der Waals surface area contributed by atoms with Crippen LogP contribution in [-0.4, -0.2) is 45.7 Å². The second kappa shape index (κ2) is 7.11. The van der Waals surface area contributed by atoms with Crippen molar-refractivity contribution in [3.05, 3.63) is 29.8 Å². The highest BCUT2D eigenvalue weighted by atomic mass is 127. The molecule has 2 N–H and O–H groups in total. The fourth-order valence-electron chi connectivity index (χ4n) is 1.81. The highest BCUT2D eigenvalue weighted by molar-refractivity contribution is 14.0. The Kier molecular flexibility index (Phi) is 6.06. The van der Waals surface area contributed by atoms with Crippen molar-refractivity contribution < 1.29 is 8.42 Å². The Bertz CT molecular complexity index is 572. The van der Waals surface area contributed by atoms with Crippen LogP contribution in [0, 0.1) is 0 Å². The molecule has 1 aromatic carbocycles. The van der Waals surface area contributed by atoms with Crippen LogP contribution in [0.25, 0.3) is 0 Å². The third kappa shape index (κ3) is 5.16. The summed E-state index contributed by atoms with van der Waals surface area (Å²) >= 11 is 0. The van der Waals surface area contributed by atoms with E-state index in [0.717, 1.165) is 30.9 Å². The molecule has 20 heavy (non-hydrogen) atoms. The number of guanidine groups is 1. The first kappa shape index (κ1) is 17.0. The fourth-order valence-corrected chi connectivity index (χ4v) is 2.37. The van der Waals surface area contributed by atoms with Gasteiger partial charge in [0.1, 0.15) is 0 Å². The Morgan fingerprint density at radius 2 is 1.95 bits per heavy atom. The van der Waals surface area contributed by atoms with Crippen LogP contribution in [0.2, 0.25) is 0 Å². The molecule has 0 aromatic heterocycles. The van der Waals surface area contributed by atoms with E-state index in [2.05, 4.69) is 19.9 Å². The first-order valence-corrected chi connectivity index (χ1v) is 7.89. The summed E-state index contributed by atoms with van der Waals surface area (Å²) < 4.78 is 24.6. The number of aliphatic imine (C=N–C) groups is 1. The maximum atomic E-state index is 11.1. The zero-order valence-electron chi connectivity index (χ0n) is 11.5. The van der Waals surface area contributed by atoms with Crippen LogP contribution in [-0.2, 0) is 16.6 Å². The normalized spacial score (nSPS) is 14.5. The number of benzene rings is 1. The van der Waals surface area contributed by atoms with Crippen LogP contribution < -0.4 is 10.0 Å². The van der Waals surface area contributed by atoms with Crippen LogP contribution >= 0.6 is 24.0 Å². The van der Waals surface area contributed by atoms with Crippen LogP contribution in [0.1, 0.15) is 5.56 Å². The van der Waals surface area contributed by atoms with E-state index in [-0.39, 0.29) is 24.0 Å². The monoisotopic (exact) mass is 410 g/mol. The Morgan fingerprint density at radius 1 is 1.30 bits per heavy atom. The highest BCUT2D eigenvalue weighted by Gasteiger charge is 2.11. The molecule has 0 aliphatic carbocycles. The topological polar surface area (TPSA) is 73.8 Å². The molecule has 6 nitrogen and oxygen atoms in total. The molecular weight excluding hydrogens is 391 g/mol. The molecule has 0 amide bonds. The first-order valence-electron chi connectivity index (χ1n) is 6.00. The summed E-state index contributed by atoms with van der Waals surface area (Å²) in [5.74, 6) is 0.901. The maximum absolute atomic E-state index is 11.1. The molecule has 0 saturated heterocycles. The van der Waals surface area contributed by atoms with Crippen molar-refractivity contribution in [3.8, 4) is 0 Å². The minimum Gasteiger partial charge on any atom is -0.352 e. The Balaban J connectivity index is 0.00000200. The summed E-state index contributed by atoms with van der Waals surface area (Å²) in [6.07, 6.45) is 1.14. The van der Waals surface area contributed by atoms with E-state index in [1.807, 2.05) is 19.2 Å². The molecular formula is C12H19IN4O2S. The molecule has 1 heterocycles. The van der Waals surface area contributed by atoms with E-state index in [0.29, 0.717) is 12.2 Å². The lowest BCUT2D eigenvalue weighted by molar-refractivity contribution is 0.534. The molecule has 1 aliphatic heterocycles. The molecule has 0 spiro atoms. The third-order valence-corrected chi connectivity index (χ3v) is 3.37. The molecule has 1 aromatic rings. The number of sulfonamides is 1. The number of anilines is 1. The standard InChI is InChI=1S/C12H18N4O2S.HI/c1-16-8-7-13-12(16)14-9-10-3-5-11(6-4-10)15-19(2,17)18;/h3-6,15H,7-9H2,1-2H3,(H,13,14);1H. The average Bonchev–Trinajstić information content (AvgIpc) is 2.72. The largest absolute Gasteiger partial charge is 0.352 e. The van der Waals surface area contributed by atoms with Crippen molar-refractivity contribution in [2.45, 2.75) is 6.54 Å². The SMILES string of the molecule is CN1CCN=C1NCc1ccc(NS(C)(=O)=O)cc1.I. The smallest absolute Gasteiger partial charge is 0.229 e. The summed E-state index contributed by atoms with van der Waals surface area (Å²) in [5, 5.41) is 3.25. The van der Waals surface area contributed by atoms with Gasteiger partial charge in [-0.25, -0.2) is 8.42 Å². The minimum atomic E-state index is -3.21. The second-order valence-corrected chi connectivity index (χ2v) is 6.30. The zero-order valence-corrected chi connectivity index (χ0v) is 14.6. The number of hydrogen-bond donors (Lipinski definition) is 2. The molecule has 0 atom stereocenters. The maximum Gasteiger partial charge on any atom is 0.229 e. The van der Waals surface area contributed by atoms with Gasteiger partial charge in [-0.05, 0) is 17.7 Å². The van der Waals surface area contributed by atoms with Crippen LogP contribution in [0.5, 0.6) is 0 Å². The molecule has 2 rings (SSSR count). The van der Waals surface area contributed by atoms with Crippen LogP contribution in [0.15, 0.2) is 29.3 Å². The van der Waals surface area contributed by atoms with Crippen LogP contribution in [0.3, 0.4) is 0 Å². The van der Waals surface area contributed by atoms with E-state index in [9.17, 15) is 8.42 Å². The van der Waals surface area contributed by atoms with Gasteiger partial charge in [0, 0.05) is 25.8 Å². The van der Waals surface area contributed by atoms with Gasteiger partial charge in [0.2, 0.25) is 10.0 Å². The highest BCUT2D eigenvalue weighted by Crippen LogP contribution is 2.11. The van der Waals surface area contributed by atoms with Gasteiger partial charge < -0.3 is 10.2 Å². The van der Waals surface area contributed by atoms with Crippen molar-refractivity contribution in [3.63, 3.8) is 0 Å². The Hall–Kier alpha value is -1.03. The van der Waals surface area contributed by atoms with Gasteiger partial charge in [0.05, 0.1) is 12.8 Å². The molecule has 1 aliphatic rings. The quantitative estimate of drug-likeness (QED) is 0.729. The second-order valence-electron chi connectivity index (χ2n) is 4.55. The van der Waals surface area contributed by atoms with Gasteiger partial charge in [-0.3, -0.25) is 9.71 Å². The number of halogens is 1.